The second-order valence-corrected chi connectivity index (χ2v) is 18.2. The molecule has 0 unspecified atom stereocenters. The summed E-state index contributed by atoms with van der Waals surface area (Å²) in [7, 11) is 0. The monoisotopic (exact) mass is 724 g/mol. The van der Waals surface area contributed by atoms with E-state index in [-0.39, 0.29) is 43.8 Å². The predicted octanol–water partition coefficient (Wildman–Crippen LogP) is 1.34. The van der Waals surface area contributed by atoms with E-state index >= 15 is 0 Å². The van der Waals surface area contributed by atoms with E-state index in [2.05, 4.69) is 6.08 Å². The first-order chi connectivity index (χ1) is 23.3. The Labute approximate surface area is 300 Å². The van der Waals surface area contributed by atoms with Crippen molar-refractivity contribution in [2.24, 2.45) is 39.4 Å². The lowest BCUT2D eigenvalue weighted by molar-refractivity contribution is -0.327. The molecule has 0 radical (unpaired) electrons. The molecule has 13 nitrogen and oxygen atoms in total. The van der Waals surface area contributed by atoms with Crippen LogP contribution in [0.2, 0.25) is 0 Å². The largest absolute Gasteiger partial charge is 0.460 e. The van der Waals surface area contributed by atoms with Crippen molar-refractivity contribution in [3.63, 3.8) is 0 Å². The summed E-state index contributed by atoms with van der Waals surface area (Å²) in [5.41, 5.74) is -5.51. The van der Waals surface area contributed by atoms with Crippen molar-refractivity contribution in [2.75, 3.05) is 6.61 Å². The summed E-state index contributed by atoms with van der Waals surface area (Å²) in [6, 6.07) is 0. The van der Waals surface area contributed by atoms with Crippen LogP contribution in [0.1, 0.15) is 101 Å². The van der Waals surface area contributed by atoms with Gasteiger partial charge in [0.15, 0.2) is 12.1 Å². The zero-order valence-corrected chi connectivity index (χ0v) is 31.5. The van der Waals surface area contributed by atoms with Crippen molar-refractivity contribution in [3.8, 4) is 0 Å². The molecule has 0 spiro atoms. The van der Waals surface area contributed by atoms with Gasteiger partial charge < -0.3 is 50.0 Å². The van der Waals surface area contributed by atoms with E-state index in [0.29, 0.717) is 6.42 Å². The third-order valence-corrected chi connectivity index (χ3v) is 14.3. The fourth-order valence-electron chi connectivity index (χ4n) is 11.4. The first-order valence-electron chi connectivity index (χ1n) is 18.3. The zero-order valence-electron chi connectivity index (χ0n) is 31.5. The minimum atomic E-state index is -1.97. The Hall–Kier alpha value is -1.81. The molecule has 3 saturated carbocycles. The van der Waals surface area contributed by atoms with Gasteiger partial charge in [-0.15, -0.1) is 0 Å². The predicted molar refractivity (Wildman–Crippen MR) is 181 cm³/mol. The molecule has 7 N–H and O–H groups in total. The average molecular weight is 725 g/mol. The number of hydrogen-bond donors (Lipinski definition) is 7. The number of aliphatic hydroxyl groups is 7. The number of carbonyl (C=O) groups is 3. The van der Waals surface area contributed by atoms with Crippen LogP contribution in [0, 0.1) is 39.4 Å². The Balaban J connectivity index is 1.44. The lowest BCUT2D eigenvalue weighted by Crippen LogP contribution is -2.66. The SMILES string of the molecule is CC(=O)OC(C)(C)CCC(=O)[C@](C)(O)[C@@H]1[C@H](O)C[C@@]2(C)[C@H]3CC=C4[C@H](C[C@H](O)[C@@H](O[C@@H]5O[C@H](CO)[C@@H](O)[C@H](O)[C@H]5O)C4(C)C)[C@]3(C)C(=O)C[C@]12C. The number of ether oxygens (including phenoxy) is 3. The molecule has 4 fully saturated rings. The molecule has 0 amide bonds. The highest BCUT2D eigenvalue weighted by atomic mass is 16.7. The summed E-state index contributed by atoms with van der Waals surface area (Å²) >= 11 is 0. The normalized spacial score (nSPS) is 46.2. The molecular formula is C38H60O13. The van der Waals surface area contributed by atoms with Crippen LogP contribution in [0.3, 0.4) is 0 Å². The highest BCUT2D eigenvalue weighted by molar-refractivity contribution is 5.90. The maximum Gasteiger partial charge on any atom is 0.303 e. The van der Waals surface area contributed by atoms with Crippen LogP contribution in [0.4, 0.5) is 0 Å². The van der Waals surface area contributed by atoms with E-state index in [9.17, 15) is 50.1 Å². The van der Waals surface area contributed by atoms with Gasteiger partial charge in [0.05, 0.1) is 24.9 Å². The van der Waals surface area contributed by atoms with Crippen LogP contribution in [0.25, 0.3) is 0 Å². The van der Waals surface area contributed by atoms with Crippen LogP contribution in [0.5, 0.6) is 0 Å². The minimum absolute atomic E-state index is 0.00565. The van der Waals surface area contributed by atoms with Gasteiger partial charge in [0.2, 0.25) is 0 Å². The first kappa shape index (κ1) is 40.4. The quantitative estimate of drug-likeness (QED) is 0.132. The Morgan fingerprint density at radius 2 is 1.59 bits per heavy atom. The van der Waals surface area contributed by atoms with Crippen LogP contribution in [-0.2, 0) is 28.6 Å². The summed E-state index contributed by atoms with van der Waals surface area (Å²) in [6.45, 7) is 15.1. The third kappa shape index (κ3) is 6.16. The molecule has 1 heterocycles. The number of ketones is 2. The van der Waals surface area contributed by atoms with E-state index in [1.807, 2.05) is 34.6 Å². The smallest absolute Gasteiger partial charge is 0.303 e. The fraction of sp³-hybridized carbons (Fsp3) is 0.868. The van der Waals surface area contributed by atoms with Crippen molar-refractivity contribution < 1.29 is 64.3 Å². The molecule has 4 aliphatic carbocycles. The van der Waals surface area contributed by atoms with Gasteiger partial charge in [0, 0.05) is 36.5 Å². The maximum atomic E-state index is 14.7. The Morgan fingerprint density at radius 3 is 2.18 bits per heavy atom. The van der Waals surface area contributed by atoms with Gasteiger partial charge in [-0.2, -0.15) is 0 Å². The molecular weight excluding hydrogens is 664 g/mol. The Morgan fingerprint density at radius 1 is 0.961 bits per heavy atom. The first-order valence-corrected chi connectivity index (χ1v) is 18.3. The Bertz CT molecular complexity index is 1420. The number of rotatable bonds is 9. The molecule has 0 aromatic heterocycles. The second kappa shape index (κ2) is 13.2. The number of Topliss-reactive ketones (excluding diaryl/α,β-unsaturated/α-hetero) is 2. The number of esters is 1. The Kier molecular flexibility index (Phi) is 10.4. The third-order valence-electron chi connectivity index (χ3n) is 14.3. The van der Waals surface area contributed by atoms with Gasteiger partial charge in [-0.25, -0.2) is 0 Å². The minimum Gasteiger partial charge on any atom is -0.460 e. The number of hydrogen-bond acceptors (Lipinski definition) is 13. The molecule has 51 heavy (non-hydrogen) atoms. The highest BCUT2D eigenvalue weighted by Crippen LogP contribution is 2.74. The molecule has 0 aromatic rings. The van der Waals surface area contributed by atoms with Crippen molar-refractivity contribution in [1.82, 2.24) is 0 Å². The van der Waals surface area contributed by atoms with Crippen LogP contribution >= 0.6 is 0 Å². The summed E-state index contributed by atoms with van der Waals surface area (Å²) in [5, 5.41) is 76.3. The summed E-state index contributed by atoms with van der Waals surface area (Å²) in [5.74, 6) is -2.70. The molecule has 15 atom stereocenters. The molecule has 290 valence electrons. The van der Waals surface area contributed by atoms with Crippen LogP contribution in [0.15, 0.2) is 11.6 Å². The molecule has 5 rings (SSSR count). The van der Waals surface area contributed by atoms with Gasteiger partial charge in [0.1, 0.15) is 41.4 Å². The van der Waals surface area contributed by atoms with Crippen LogP contribution < -0.4 is 0 Å². The molecule has 0 bridgehead atoms. The van der Waals surface area contributed by atoms with Crippen molar-refractivity contribution in [2.45, 2.75) is 161 Å². The lowest BCUT2D eigenvalue weighted by Gasteiger charge is -2.65. The standard InChI is InChI=1S/C38H60O13/c1-18(40)51-33(2,3)13-12-25(43)38(9,48)30-22(42)15-35(6)24-11-10-19-20(37(24,8)26(44)16-36(30,35)7)14-21(41)31(34(19,4)5)50-32-29(47)28(46)27(45)23(17-39)49-32/h10,20-24,27-32,39,41-42,45-48H,11-17H2,1-9H3/t20-,21-,22+,23+,24+,27+,28-,29+,30+,31+,32-,35-,36+,37-,38-/m0/s1. The van der Waals surface area contributed by atoms with Crippen molar-refractivity contribution in [3.05, 3.63) is 11.6 Å². The molecule has 0 aromatic carbocycles. The number of allylic oxidation sites excluding steroid dienone is 1. The van der Waals surface area contributed by atoms with E-state index in [1.54, 1.807) is 13.8 Å². The summed E-state index contributed by atoms with van der Waals surface area (Å²) in [4.78, 5) is 40.0. The topological polar surface area (TPSA) is 221 Å². The van der Waals surface area contributed by atoms with E-state index < -0.39 is 112 Å². The highest BCUT2D eigenvalue weighted by Gasteiger charge is 2.74. The molecule has 1 aliphatic heterocycles. The van der Waals surface area contributed by atoms with Gasteiger partial charge in [-0.05, 0) is 69.1 Å². The summed E-state index contributed by atoms with van der Waals surface area (Å²) in [6.07, 6.45) is -7.59. The van der Waals surface area contributed by atoms with E-state index in [4.69, 9.17) is 14.2 Å². The number of aliphatic hydroxyl groups excluding tert-OH is 6. The molecule has 13 heteroatoms. The fourth-order valence-corrected chi connectivity index (χ4v) is 11.4. The van der Waals surface area contributed by atoms with Gasteiger partial charge in [0.25, 0.3) is 0 Å². The number of fused-ring (bicyclic) bond motifs is 5. The zero-order chi connectivity index (χ0) is 38.4. The van der Waals surface area contributed by atoms with Crippen molar-refractivity contribution >= 4 is 17.5 Å². The maximum absolute atomic E-state index is 14.7. The molecule has 1 saturated heterocycles. The average Bonchev–Trinajstić information content (AvgIpc) is 3.22. The van der Waals surface area contributed by atoms with Gasteiger partial charge in [-0.1, -0.05) is 46.3 Å². The van der Waals surface area contributed by atoms with Gasteiger partial charge in [-0.3, -0.25) is 14.4 Å². The second-order valence-electron chi connectivity index (χ2n) is 18.2. The lowest BCUT2D eigenvalue weighted by atomic mass is 9.38. The molecule has 5 aliphatic rings. The number of carbonyl (C=O) groups excluding carboxylic acids is 3. The van der Waals surface area contributed by atoms with Crippen molar-refractivity contribution in [1.29, 1.82) is 0 Å². The van der Waals surface area contributed by atoms with E-state index in [1.165, 1.54) is 13.8 Å². The van der Waals surface area contributed by atoms with Gasteiger partial charge >= 0.3 is 5.97 Å². The summed E-state index contributed by atoms with van der Waals surface area (Å²) < 4.78 is 17.1. The van der Waals surface area contributed by atoms with E-state index in [0.717, 1.165) is 5.57 Å². The van der Waals surface area contributed by atoms with Crippen LogP contribution in [-0.4, -0.2) is 120 Å².